The molecule has 3 N–H and O–H groups in total. The molecule has 0 radical (unpaired) electrons. The second kappa shape index (κ2) is 8.94. The molecule has 1 unspecified atom stereocenters. The van der Waals surface area contributed by atoms with Crippen molar-refractivity contribution in [2.45, 2.75) is 33.2 Å². The normalized spacial score (nSPS) is 16.0. The lowest BCUT2D eigenvalue weighted by Gasteiger charge is -2.14. The Kier molecular flexibility index (Phi) is 6.16. The van der Waals surface area contributed by atoms with Crippen LogP contribution in [-0.4, -0.2) is 22.4 Å². The van der Waals surface area contributed by atoms with Crippen molar-refractivity contribution in [3.63, 3.8) is 0 Å². The van der Waals surface area contributed by atoms with Crippen LogP contribution in [0.1, 0.15) is 47.8 Å². The molecular weight excluding hydrogens is 352 g/mol. The first-order chi connectivity index (χ1) is 13.5. The van der Waals surface area contributed by atoms with E-state index in [1.54, 1.807) is 24.8 Å². The van der Waals surface area contributed by atoms with E-state index in [0.29, 0.717) is 5.56 Å². The Morgan fingerprint density at radius 2 is 2.14 bits per heavy atom. The molecule has 1 aromatic carbocycles. The summed E-state index contributed by atoms with van der Waals surface area (Å²) in [6.07, 6.45) is 7.55. The van der Waals surface area contributed by atoms with Gasteiger partial charge in [-0.1, -0.05) is 12.1 Å². The summed E-state index contributed by atoms with van der Waals surface area (Å²) in [7, 11) is 0. The third-order valence-electron chi connectivity index (χ3n) is 4.23. The lowest BCUT2D eigenvalue weighted by molar-refractivity contribution is 0.102. The quantitative estimate of drug-likeness (QED) is 0.719. The summed E-state index contributed by atoms with van der Waals surface area (Å²) in [6, 6.07) is 9.63. The molecule has 144 valence electrons. The maximum Gasteiger partial charge on any atom is 0.257 e. The molecule has 1 aliphatic heterocycles. The number of pyridine rings is 1. The van der Waals surface area contributed by atoms with E-state index in [-0.39, 0.29) is 11.9 Å². The number of nitrogens with zero attached hydrogens (tertiary/aromatic N) is 3. The van der Waals surface area contributed by atoms with Crippen LogP contribution >= 0.6 is 0 Å². The number of hydrazone groups is 1. The molecule has 28 heavy (non-hydrogen) atoms. The fraction of sp³-hybridized carbons (Fsp3) is 0.238. The third kappa shape index (κ3) is 5.26. The summed E-state index contributed by atoms with van der Waals surface area (Å²) in [6.45, 7) is 5.91. The predicted octanol–water partition coefficient (Wildman–Crippen LogP) is 3.53. The van der Waals surface area contributed by atoms with E-state index in [9.17, 15) is 4.79 Å². The Hall–Kier alpha value is -3.48. The van der Waals surface area contributed by atoms with Crippen LogP contribution in [0.5, 0.6) is 0 Å². The zero-order valence-electron chi connectivity index (χ0n) is 16.2. The predicted molar refractivity (Wildman–Crippen MR) is 112 cm³/mol. The number of carbonyl (C=O) groups excluding carboxylic acids is 1. The van der Waals surface area contributed by atoms with E-state index in [2.05, 4.69) is 31.1 Å². The van der Waals surface area contributed by atoms with Crippen molar-refractivity contribution in [1.29, 1.82) is 0 Å². The number of aromatic nitrogens is 1. The largest absolute Gasteiger partial charge is 0.383 e. The number of anilines is 1. The molecule has 1 amide bonds. The minimum absolute atomic E-state index is 0.0588. The number of amides is 1. The van der Waals surface area contributed by atoms with E-state index in [4.69, 9.17) is 0 Å². The van der Waals surface area contributed by atoms with Gasteiger partial charge >= 0.3 is 0 Å². The van der Waals surface area contributed by atoms with Gasteiger partial charge in [-0.3, -0.25) is 15.2 Å². The van der Waals surface area contributed by atoms with Gasteiger partial charge < -0.3 is 10.6 Å². The molecule has 0 saturated heterocycles. The monoisotopic (exact) mass is 376 g/mol. The first-order valence-electron chi connectivity index (χ1n) is 9.11. The van der Waals surface area contributed by atoms with Crippen molar-refractivity contribution in [3.05, 3.63) is 71.8 Å². The molecule has 0 spiro atoms. The van der Waals surface area contributed by atoms with Gasteiger partial charge in [-0.2, -0.15) is 5.10 Å². The maximum absolute atomic E-state index is 12.4. The molecule has 1 atom stereocenters. The van der Waals surface area contributed by atoms with Crippen LogP contribution in [0.15, 0.2) is 65.2 Å². The maximum atomic E-state index is 12.4. The van der Waals surface area contributed by atoms with Crippen molar-refractivity contribution in [2.75, 3.05) is 5.32 Å². The van der Waals surface area contributed by atoms with E-state index in [1.807, 2.05) is 51.1 Å². The molecule has 0 fully saturated rings. The average molecular weight is 376 g/mol. The van der Waals surface area contributed by atoms with Crippen molar-refractivity contribution in [2.24, 2.45) is 10.1 Å². The topological polar surface area (TPSA) is 90.8 Å². The minimum Gasteiger partial charge on any atom is -0.383 e. The van der Waals surface area contributed by atoms with Crippen LogP contribution < -0.4 is 16.1 Å². The second-order valence-electron chi connectivity index (χ2n) is 6.75. The highest BCUT2D eigenvalue weighted by Crippen LogP contribution is 2.18. The van der Waals surface area contributed by atoms with Gasteiger partial charge in [0, 0.05) is 48.7 Å². The van der Waals surface area contributed by atoms with Crippen LogP contribution in [0.4, 0.5) is 5.69 Å². The molecule has 1 aromatic heterocycles. The summed E-state index contributed by atoms with van der Waals surface area (Å²) < 4.78 is 0. The SMILES string of the molecule is CC1=NNC(=NC=CNC(C)c2cccc(NC(=O)c3cncc(C)c3)c2)C1. The van der Waals surface area contributed by atoms with Gasteiger partial charge in [0.15, 0.2) is 0 Å². The molecule has 3 rings (SSSR count). The summed E-state index contributed by atoms with van der Waals surface area (Å²) in [5, 5.41) is 10.3. The number of benzene rings is 1. The van der Waals surface area contributed by atoms with E-state index < -0.39 is 0 Å². The van der Waals surface area contributed by atoms with Crippen LogP contribution in [-0.2, 0) is 0 Å². The molecule has 7 nitrogen and oxygen atoms in total. The summed E-state index contributed by atoms with van der Waals surface area (Å²) >= 11 is 0. The van der Waals surface area contributed by atoms with Crippen molar-refractivity contribution in [3.8, 4) is 0 Å². The smallest absolute Gasteiger partial charge is 0.257 e. The number of hydrogen-bond donors (Lipinski definition) is 3. The summed E-state index contributed by atoms with van der Waals surface area (Å²) in [5.41, 5.74) is 7.19. The van der Waals surface area contributed by atoms with Gasteiger partial charge in [0.2, 0.25) is 0 Å². The Morgan fingerprint density at radius 3 is 2.89 bits per heavy atom. The number of hydrogen-bond acceptors (Lipinski definition) is 5. The molecular formula is C21H24N6O. The fourth-order valence-electron chi connectivity index (χ4n) is 2.73. The third-order valence-corrected chi connectivity index (χ3v) is 4.23. The number of aryl methyl sites for hydroxylation is 1. The number of nitrogens with one attached hydrogen (secondary N) is 3. The van der Waals surface area contributed by atoms with Gasteiger partial charge in [-0.05, 0) is 50.1 Å². The van der Waals surface area contributed by atoms with Crippen molar-refractivity contribution >= 4 is 23.1 Å². The molecule has 0 saturated carbocycles. The molecule has 7 heteroatoms. The first-order valence-corrected chi connectivity index (χ1v) is 9.11. The van der Waals surface area contributed by atoms with Gasteiger partial charge in [0.25, 0.3) is 5.91 Å². The first kappa shape index (κ1) is 19.3. The van der Waals surface area contributed by atoms with Gasteiger partial charge in [0.05, 0.1) is 5.56 Å². The van der Waals surface area contributed by atoms with Crippen molar-refractivity contribution in [1.82, 2.24) is 15.7 Å². The molecule has 1 aliphatic rings. The van der Waals surface area contributed by atoms with Crippen LogP contribution in [0, 0.1) is 6.92 Å². The minimum atomic E-state index is -0.175. The van der Waals surface area contributed by atoms with E-state index in [1.165, 1.54) is 0 Å². The van der Waals surface area contributed by atoms with E-state index in [0.717, 1.165) is 34.8 Å². The number of carbonyl (C=O) groups is 1. The average Bonchev–Trinajstić information content (AvgIpc) is 3.10. The zero-order chi connectivity index (χ0) is 19.9. The number of aliphatic imine (C=N–C) groups is 1. The molecule has 0 aliphatic carbocycles. The highest BCUT2D eigenvalue weighted by atomic mass is 16.1. The number of amidine groups is 1. The summed E-state index contributed by atoms with van der Waals surface area (Å²) in [4.78, 5) is 20.8. The standard InChI is InChI=1S/C21H24N6O/c1-14-9-18(13-22-12-14)21(28)25-19-6-4-5-17(11-19)16(3)23-7-8-24-20-10-15(2)26-27-20/h4-9,11-13,16,23H,10H2,1-3H3,(H,24,27)(H,25,28). The van der Waals surface area contributed by atoms with E-state index >= 15 is 0 Å². The van der Waals surface area contributed by atoms with Crippen LogP contribution in [0.25, 0.3) is 0 Å². The van der Waals surface area contributed by atoms with Gasteiger partial charge in [-0.25, -0.2) is 4.99 Å². The Bertz CT molecular complexity index is 947. The zero-order valence-corrected chi connectivity index (χ0v) is 16.2. The lowest BCUT2D eigenvalue weighted by atomic mass is 10.1. The lowest BCUT2D eigenvalue weighted by Crippen LogP contribution is -2.14. The van der Waals surface area contributed by atoms with Crippen LogP contribution in [0.3, 0.4) is 0 Å². The molecule has 0 bridgehead atoms. The van der Waals surface area contributed by atoms with Gasteiger partial charge in [0.1, 0.15) is 5.84 Å². The highest BCUT2D eigenvalue weighted by molar-refractivity contribution is 6.06. The Labute approximate surface area is 164 Å². The Balaban J connectivity index is 1.58. The molecule has 2 heterocycles. The summed E-state index contributed by atoms with van der Waals surface area (Å²) in [5.74, 6) is 0.657. The van der Waals surface area contributed by atoms with Gasteiger partial charge in [-0.15, -0.1) is 0 Å². The van der Waals surface area contributed by atoms with Crippen LogP contribution in [0.2, 0.25) is 0 Å². The van der Waals surface area contributed by atoms with Crippen molar-refractivity contribution < 1.29 is 4.79 Å². The highest BCUT2D eigenvalue weighted by Gasteiger charge is 2.09. The Morgan fingerprint density at radius 1 is 1.29 bits per heavy atom. The fourth-order valence-corrected chi connectivity index (χ4v) is 2.73. The second-order valence-corrected chi connectivity index (χ2v) is 6.75. The molecule has 2 aromatic rings. The number of rotatable bonds is 6.